The highest BCUT2D eigenvalue weighted by Crippen LogP contribution is 2.36. The molecule has 3 aliphatic heterocycles. The van der Waals surface area contributed by atoms with Crippen molar-refractivity contribution in [1.29, 1.82) is 5.26 Å². The van der Waals surface area contributed by atoms with Crippen LogP contribution in [-0.4, -0.2) is 51.1 Å². The number of fused-ring (bicyclic) bond motifs is 5. The fourth-order valence-corrected chi connectivity index (χ4v) is 5.78. The summed E-state index contributed by atoms with van der Waals surface area (Å²) in [6, 6.07) is 18.4. The second-order valence-corrected chi connectivity index (χ2v) is 10.1. The van der Waals surface area contributed by atoms with E-state index >= 15 is 0 Å². The molecule has 36 heavy (non-hydrogen) atoms. The van der Waals surface area contributed by atoms with Crippen LogP contribution in [-0.2, 0) is 11.3 Å². The van der Waals surface area contributed by atoms with E-state index < -0.39 is 0 Å². The predicted molar refractivity (Wildman–Crippen MR) is 138 cm³/mol. The molecular weight excluding hydrogens is 448 g/mol. The maximum absolute atomic E-state index is 12.9. The third-order valence-electron chi connectivity index (χ3n) is 7.76. The Balaban J connectivity index is 1.23. The van der Waals surface area contributed by atoms with Crippen molar-refractivity contribution in [2.75, 3.05) is 31.1 Å². The van der Waals surface area contributed by atoms with Gasteiger partial charge in [-0.1, -0.05) is 12.1 Å². The van der Waals surface area contributed by atoms with E-state index in [2.05, 4.69) is 55.5 Å². The lowest BCUT2D eigenvalue weighted by Gasteiger charge is -2.32. The average Bonchev–Trinajstić information content (AvgIpc) is 3.58. The van der Waals surface area contributed by atoms with E-state index in [-0.39, 0.29) is 5.91 Å². The molecule has 0 aliphatic carbocycles. The van der Waals surface area contributed by atoms with Crippen molar-refractivity contribution in [3.8, 4) is 34.4 Å². The molecule has 178 valence electrons. The monoisotopic (exact) mass is 474 g/mol. The molecular formula is C29H26N6O. The van der Waals surface area contributed by atoms with Crippen molar-refractivity contribution in [3.63, 3.8) is 0 Å². The Kier molecular flexibility index (Phi) is 4.83. The van der Waals surface area contributed by atoms with Gasteiger partial charge in [-0.25, -0.2) is 4.98 Å². The summed E-state index contributed by atoms with van der Waals surface area (Å²) < 4.78 is 4.37. The Morgan fingerprint density at radius 1 is 1.06 bits per heavy atom. The van der Waals surface area contributed by atoms with Crippen LogP contribution >= 0.6 is 0 Å². The standard InChI is InChI=1S/C29H26N6O/c30-15-20-2-4-22(5-3-20)23-14-27-29-31-8-11-34(29)26-7-6-25(13-24(26)19-33(27)18-23)35-17-21(12-28(35)36)16-32-9-1-10-32/h2-8,11,13-14,18,21H,1,9-10,12,16-17,19H2/t21-/m1/s1. The molecule has 4 aromatic rings. The number of hydrogen-bond donors (Lipinski definition) is 0. The number of hydrogen-bond acceptors (Lipinski definition) is 4. The van der Waals surface area contributed by atoms with Gasteiger partial charge in [0.2, 0.25) is 5.91 Å². The molecule has 0 unspecified atom stereocenters. The summed E-state index contributed by atoms with van der Waals surface area (Å²) in [5, 5.41) is 9.13. The van der Waals surface area contributed by atoms with Gasteiger partial charge in [0.05, 0.1) is 23.0 Å². The number of rotatable bonds is 4. The van der Waals surface area contributed by atoms with Gasteiger partial charge in [-0.2, -0.15) is 5.26 Å². The summed E-state index contributed by atoms with van der Waals surface area (Å²) in [6.45, 7) is 4.84. The van der Waals surface area contributed by atoms with Crippen LogP contribution < -0.4 is 4.90 Å². The van der Waals surface area contributed by atoms with Crippen LogP contribution in [0.4, 0.5) is 5.69 Å². The summed E-state index contributed by atoms with van der Waals surface area (Å²) >= 11 is 0. The molecule has 0 radical (unpaired) electrons. The van der Waals surface area contributed by atoms with E-state index in [0.29, 0.717) is 24.4 Å². The third-order valence-corrected chi connectivity index (χ3v) is 7.76. The SMILES string of the molecule is N#Cc1ccc(-c2cc3n(c2)Cc2cc(N4C[C@@H](CN5CCC5)CC4=O)ccc2-n2ccnc2-3)cc1. The molecule has 0 bridgehead atoms. The smallest absolute Gasteiger partial charge is 0.227 e. The topological polar surface area (TPSA) is 70.1 Å². The van der Waals surface area contributed by atoms with Crippen molar-refractivity contribution in [2.45, 2.75) is 19.4 Å². The Morgan fingerprint density at radius 2 is 1.92 bits per heavy atom. The molecule has 7 heteroatoms. The average molecular weight is 475 g/mol. The maximum Gasteiger partial charge on any atom is 0.227 e. The molecule has 0 saturated carbocycles. The van der Waals surface area contributed by atoms with E-state index in [1.165, 1.54) is 19.5 Å². The first kappa shape index (κ1) is 21.2. The molecule has 7 rings (SSSR count). The molecule has 0 N–H and O–H groups in total. The number of amides is 1. The highest BCUT2D eigenvalue weighted by atomic mass is 16.2. The fraction of sp³-hybridized carbons (Fsp3) is 0.276. The zero-order valence-electron chi connectivity index (χ0n) is 20.0. The Labute approximate surface area is 209 Å². The van der Waals surface area contributed by atoms with Gasteiger partial charge in [-0.3, -0.25) is 9.36 Å². The molecule has 7 nitrogen and oxygen atoms in total. The number of imidazole rings is 1. The lowest BCUT2D eigenvalue weighted by molar-refractivity contribution is -0.117. The molecule has 2 fully saturated rings. The van der Waals surface area contributed by atoms with Crippen molar-refractivity contribution >= 4 is 11.6 Å². The lowest BCUT2D eigenvalue weighted by atomic mass is 10.1. The number of likely N-dealkylation sites (tertiary alicyclic amines) is 1. The first-order chi connectivity index (χ1) is 17.7. The molecule has 5 heterocycles. The van der Waals surface area contributed by atoms with Gasteiger partial charge in [0.15, 0.2) is 5.82 Å². The summed E-state index contributed by atoms with van der Waals surface area (Å²) in [4.78, 5) is 22.1. The number of benzene rings is 2. The van der Waals surface area contributed by atoms with Gasteiger partial charge in [0.25, 0.3) is 0 Å². The van der Waals surface area contributed by atoms with Crippen LogP contribution in [0.5, 0.6) is 0 Å². The van der Waals surface area contributed by atoms with Gasteiger partial charge in [0.1, 0.15) is 0 Å². The molecule has 2 saturated heterocycles. The summed E-state index contributed by atoms with van der Waals surface area (Å²) in [6.07, 6.45) is 7.90. The molecule has 3 aliphatic rings. The minimum absolute atomic E-state index is 0.224. The van der Waals surface area contributed by atoms with E-state index in [0.717, 1.165) is 52.7 Å². The van der Waals surface area contributed by atoms with Crippen LogP contribution in [0.1, 0.15) is 24.0 Å². The Morgan fingerprint density at radius 3 is 2.69 bits per heavy atom. The quantitative estimate of drug-likeness (QED) is 0.389. The normalized spacial score (nSPS) is 18.7. The molecule has 1 amide bonds. The summed E-state index contributed by atoms with van der Waals surface area (Å²) in [7, 11) is 0. The van der Waals surface area contributed by atoms with Crippen LogP contribution in [0.25, 0.3) is 28.3 Å². The summed E-state index contributed by atoms with van der Waals surface area (Å²) in [5.41, 5.74) is 7.09. The largest absolute Gasteiger partial charge is 0.340 e. The van der Waals surface area contributed by atoms with Crippen LogP contribution in [0.2, 0.25) is 0 Å². The Hall–Kier alpha value is -4.15. The van der Waals surface area contributed by atoms with Crippen molar-refractivity contribution in [1.82, 2.24) is 19.0 Å². The van der Waals surface area contributed by atoms with E-state index in [1.54, 1.807) is 0 Å². The number of aromatic nitrogens is 3. The zero-order chi connectivity index (χ0) is 24.2. The lowest BCUT2D eigenvalue weighted by Crippen LogP contribution is -2.41. The Bertz CT molecular complexity index is 1520. The predicted octanol–water partition coefficient (Wildman–Crippen LogP) is 4.30. The number of nitrogens with zero attached hydrogens (tertiary/aromatic N) is 6. The van der Waals surface area contributed by atoms with Crippen molar-refractivity contribution in [2.24, 2.45) is 5.92 Å². The van der Waals surface area contributed by atoms with Gasteiger partial charge in [0, 0.05) is 55.9 Å². The van der Waals surface area contributed by atoms with Gasteiger partial charge < -0.3 is 14.4 Å². The van der Waals surface area contributed by atoms with E-state index in [4.69, 9.17) is 5.26 Å². The van der Waals surface area contributed by atoms with Crippen molar-refractivity contribution < 1.29 is 4.79 Å². The van der Waals surface area contributed by atoms with Crippen LogP contribution in [0.3, 0.4) is 0 Å². The number of carbonyl (C=O) groups is 1. The summed E-state index contributed by atoms with van der Waals surface area (Å²) in [5.74, 6) is 1.53. The molecule has 2 aromatic carbocycles. The molecule has 2 aromatic heterocycles. The van der Waals surface area contributed by atoms with Crippen molar-refractivity contribution in [3.05, 3.63) is 78.2 Å². The zero-order valence-corrected chi connectivity index (χ0v) is 20.0. The minimum atomic E-state index is 0.224. The number of carbonyl (C=O) groups excluding carboxylic acids is 1. The maximum atomic E-state index is 12.9. The number of anilines is 1. The second-order valence-electron chi connectivity index (χ2n) is 10.1. The highest BCUT2D eigenvalue weighted by molar-refractivity contribution is 5.96. The van der Waals surface area contributed by atoms with Crippen LogP contribution in [0, 0.1) is 17.2 Å². The fourth-order valence-electron chi connectivity index (χ4n) is 5.78. The van der Waals surface area contributed by atoms with Gasteiger partial charge in [-0.15, -0.1) is 0 Å². The first-order valence-corrected chi connectivity index (χ1v) is 12.6. The van der Waals surface area contributed by atoms with Gasteiger partial charge in [-0.05, 0) is 73.0 Å². The highest BCUT2D eigenvalue weighted by Gasteiger charge is 2.33. The number of nitriles is 1. The third kappa shape index (κ3) is 3.45. The van der Waals surface area contributed by atoms with Gasteiger partial charge >= 0.3 is 0 Å². The molecule has 0 spiro atoms. The van der Waals surface area contributed by atoms with E-state index in [9.17, 15) is 4.79 Å². The van der Waals surface area contributed by atoms with Crippen LogP contribution in [0.15, 0.2) is 67.1 Å². The van der Waals surface area contributed by atoms with E-state index in [1.807, 2.05) is 41.6 Å². The first-order valence-electron chi connectivity index (χ1n) is 12.6. The second kappa shape index (κ2) is 8.21. The molecule has 1 atom stereocenters. The minimum Gasteiger partial charge on any atom is -0.340 e.